The second kappa shape index (κ2) is 8.08. The van der Waals surface area contributed by atoms with E-state index in [1.165, 1.54) is 0 Å². The zero-order chi connectivity index (χ0) is 17.7. The number of rotatable bonds is 5. The van der Waals surface area contributed by atoms with Crippen molar-refractivity contribution in [3.8, 4) is 6.07 Å². The van der Waals surface area contributed by atoms with E-state index in [2.05, 4.69) is 37.2 Å². The molecule has 0 aliphatic carbocycles. The zero-order valence-corrected chi connectivity index (χ0v) is 15.6. The van der Waals surface area contributed by atoms with E-state index in [9.17, 15) is 9.59 Å². The first kappa shape index (κ1) is 18.2. The summed E-state index contributed by atoms with van der Waals surface area (Å²) in [6.07, 6.45) is 0.214. The third kappa shape index (κ3) is 4.91. The Hall–Kier alpha value is -2.17. The molecular weight excluding hydrogens is 438 g/mol. The molecule has 0 unspecified atom stereocenters. The summed E-state index contributed by atoms with van der Waals surface area (Å²) < 4.78 is 1.47. The maximum Gasteiger partial charge on any atom is 0.252 e. The van der Waals surface area contributed by atoms with Crippen molar-refractivity contribution in [3.05, 3.63) is 68.1 Å². The Bertz CT molecular complexity index is 811. The normalized spacial score (nSPS) is 11.4. The first-order chi connectivity index (χ1) is 11.4. The van der Waals surface area contributed by atoms with Gasteiger partial charge in [0.05, 0.1) is 11.6 Å². The van der Waals surface area contributed by atoms with Gasteiger partial charge in [0.1, 0.15) is 6.04 Å². The minimum absolute atomic E-state index is 0.214. The molecule has 1 atom stereocenters. The van der Waals surface area contributed by atoms with Crippen LogP contribution in [-0.2, 0) is 11.2 Å². The molecule has 0 spiro atoms. The first-order valence-corrected chi connectivity index (χ1v) is 8.53. The van der Waals surface area contributed by atoms with Crippen LogP contribution in [0.3, 0.4) is 0 Å². The van der Waals surface area contributed by atoms with Crippen LogP contribution in [0.25, 0.3) is 0 Å². The van der Waals surface area contributed by atoms with Crippen LogP contribution in [0.2, 0.25) is 0 Å². The van der Waals surface area contributed by atoms with E-state index < -0.39 is 17.9 Å². The second-order valence-electron chi connectivity index (χ2n) is 5.10. The van der Waals surface area contributed by atoms with Crippen LogP contribution < -0.4 is 11.1 Å². The van der Waals surface area contributed by atoms with Crippen LogP contribution in [0.5, 0.6) is 0 Å². The van der Waals surface area contributed by atoms with Gasteiger partial charge in [0, 0.05) is 20.9 Å². The molecule has 2 aromatic rings. The molecule has 0 bridgehead atoms. The number of hydrogen-bond donors (Lipinski definition) is 2. The van der Waals surface area contributed by atoms with Gasteiger partial charge in [0.25, 0.3) is 5.91 Å². The number of nitrogens with one attached hydrogen (secondary N) is 1. The molecule has 0 aliphatic rings. The molecule has 24 heavy (non-hydrogen) atoms. The highest BCUT2D eigenvalue weighted by Gasteiger charge is 2.20. The Morgan fingerprint density at radius 2 is 1.83 bits per heavy atom. The van der Waals surface area contributed by atoms with Gasteiger partial charge < -0.3 is 11.1 Å². The maximum absolute atomic E-state index is 12.4. The van der Waals surface area contributed by atoms with Gasteiger partial charge in [0.15, 0.2) is 0 Å². The van der Waals surface area contributed by atoms with E-state index in [1.807, 2.05) is 6.07 Å². The van der Waals surface area contributed by atoms with Crippen molar-refractivity contribution >= 4 is 43.7 Å². The third-order valence-corrected chi connectivity index (χ3v) is 4.19. The number of halogens is 2. The van der Waals surface area contributed by atoms with Crippen LogP contribution in [0.1, 0.15) is 21.5 Å². The van der Waals surface area contributed by atoms with Gasteiger partial charge in [-0.2, -0.15) is 5.26 Å². The minimum Gasteiger partial charge on any atom is -0.368 e. The average Bonchev–Trinajstić information content (AvgIpc) is 2.53. The highest BCUT2D eigenvalue weighted by molar-refractivity contribution is 9.11. The second-order valence-corrected chi connectivity index (χ2v) is 6.93. The van der Waals surface area contributed by atoms with Crippen molar-refractivity contribution in [1.82, 2.24) is 5.32 Å². The summed E-state index contributed by atoms with van der Waals surface area (Å²) in [7, 11) is 0. The van der Waals surface area contributed by atoms with E-state index in [-0.39, 0.29) is 6.42 Å². The number of benzene rings is 2. The van der Waals surface area contributed by atoms with Gasteiger partial charge >= 0.3 is 0 Å². The lowest BCUT2D eigenvalue weighted by Crippen LogP contribution is -2.45. The van der Waals surface area contributed by atoms with Gasteiger partial charge in [-0.25, -0.2) is 0 Å². The fourth-order valence-corrected chi connectivity index (χ4v) is 3.45. The van der Waals surface area contributed by atoms with E-state index in [1.54, 1.807) is 42.5 Å². The smallest absolute Gasteiger partial charge is 0.252 e. The number of nitrogens with two attached hydrogens (primary N) is 1. The Morgan fingerprint density at radius 3 is 2.42 bits per heavy atom. The number of primary amides is 1. The van der Waals surface area contributed by atoms with Crippen molar-refractivity contribution < 1.29 is 9.59 Å². The molecule has 0 fully saturated rings. The summed E-state index contributed by atoms with van der Waals surface area (Å²) in [6, 6.07) is 13.1. The van der Waals surface area contributed by atoms with Gasteiger partial charge in [-0.05, 0) is 35.9 Å². The minimum atomic E-state index is -0.871. The van der Waals surface area contributed by atoms with E-state index in [0.29, 0.717) is 11.1 Å². The molecule has 7 heteroatoms. The highest BCUT2D eigenvalue weighted by Crippen LogP contribution is 2.20. The van der Waals surface area contributed by atoms with Gasteiger partial charge in [-0.1, -0.05) is 44.0 Å². The van der Waals surface area contributed by atoms with E-state index in [0.717, 1.165) is 14.5 Å². The Morgan fingerprint density at radius 1 is 1.17 bits per heavy atom. The fourth-order valence-electron chi connectivity index (χ4n) is 2.15. The number of carbonyl (C=O) groups is 2. The molecule has 122 valence electrons. The molecule has 3 N–H and O–H groups in total. The summed E-state index contributed by atoms with van der Waals surface area (Å²) in [4.78, 5) is 24.0. The third-order valence-electron chi connectivity index (χ3n) is 3.27. The van der Waals surface area contributed by atoms with Crippen LogP contribution in [-0.4, -0.2) is 17.9 Å². The van der Waals surface area contributed by atoms with Crippen molar-refractivity contribution in [1.29, 1.82) is 5.26 Å². The summed E-state index contributed by atoms with van der Waals surface area (Å²) >= 11 is 6.63. The van der Waals surface area contributed by atoms with E-state index >= 15 is 0 Å². The van der Waals surface area contributed by atoms with Gasteiger partial charge in [-0.15, -0.1) is 0 Å². The quantitative estimate of drug-likeness (QED) is 0.732. The molecule has 0 heterocycles. The molecule has 0 saturated heterocycles. The molecule has 2 rings (SSSR count). The topological polar surface area (TPSA) is 96.0 Å². The van der Waals surface area contributed by atoms with Crippen molar-refractivity contribution in [3.63, 3.8) is 0 Å². The predicted molar refractivity (Wildman–Crippen MR) is 97.2 cm³/mol. The largest absolute Gasteiger partial charge is 0.368 e. The molecule has 2 aromatic carbocycles. The molecular formula is C17H13Br2N3O2. The Balaban J connectivity index is 2.17. The lowest BCUT2D eigenvalue weighted by molar-refractivity contribution is -0.119. The summed E-state index contributed by atoms with van der Waals surface area (Å²) in [5.41, 5.74) is 7.03. The predicted octanol–water partition coefficient (Wildman–Crippen LogP) is 2.91. The van der Waals surface area contributed by atoms with Crippen molar-refractivity contribution in [2.75, 3.05) is 0 Å². The van der Waals surface area contributed by atoms with Crippen molar-refractivity contribution in [2.45, 2.75) is 12.5 Å². The monoisotopic (exact) mass is 449 g/mol. The average molecular weight is 451 g/mol. The fraction of sp³-hybridized carbons (Fsp3) is 0.118. The molecule has 0 radical (unpaired) electrons. The SMILES string of the molecule is N#Cc1cccc(C[C@@H](NC(=O)c2cc(Br)cc(Br)c2)C(N)=O)c1. The van der Waals surface area contributed by atoms with Crippen LogP contribution in [0, 0.1) is 11.3 Å². The summed E-state index contributed by atoms with van der Waals surface area (Å²) in [6.45, 7) is 0. The molecule has 0 saturated carbocycles. The van der Waals surface area contributed by atoms with Crippen LogP contribution in [0.4, 0.5) is 0 Å². The zero-order valence-electron chi connectivity index (χ0n) is 12.4. The Labute approximate surface area is 156 Å². The first-order valence-electron chi connectivity index (χ1n) is 6.94. The van der Waals surface area contributed by atoms with Gasteiger partial charge in [0.2, 0.25) is 5.91 Å². The standard InChI is InChI=1S/C17H13Br2N3O2/c18-13-6-12(7-14(19)8-13)17(24)22-15(16(21)23)5-10-2-1-3-11(4-10)9-20/h1-4,6-8,15H,5H2,(H2,21,23)(H,22,24)/t15-/m1/s1. The van der Waals surface area contributed by atoms with Crippen LogP contribution in [0.15, 0.2) is 51.4 Å². The van der Waals surface area contributed by atoms with E-state index in [4.69, 9.17) is 11.0 Å². The molecule has 0 aromatic heterocycles. The number of nitrogens with zero attached hydrogens (tertiary/aromatic N) is 1. The number of amides is 2. The Kier molecular flexibility index (Phi) is 6.12. The van der Waals surface area contributed by atoms with Crippen molar-refractivity contribution in [2.24, 2.45) is 5.73 Å². The number of carbonyl (C=O) groups excluding carboxylic acids is 2. The molecule has 5 nitrogen and oxygen atoms in total. The van der Waals surface area contributed by atoms with Crippen LogP contribution >= 0.6 is 31.9 Å². The maximum atomic E-state index is 12.4. The lowest BCUT2D eigenvalue weighted by Gasteiger charge is -2.16. The summed E-state index contributed by atoms with van der Waals surface area (Å²) in [5.74, 6) is -1.04. The summed E-state index contributed by atoms with van der Waals surface area (Å²) in [5, 5.41) is 11.6. The molecule has 0 aliphatic heterocycles. The highest BCUT2D eigenvalue weighted by atomic mass is 79.9. The number of nitriles is 1. The molecule has 2 amide bonds. The lowest BCUT2D eigenvalue weighted by atomic mass is 10.0. The number of hydrogen-bond acceptors (Lipinski definition) is 3. The van der Waals surface area contributed by atoms with Gasteiger partial charge in [-0.3, -0.25) is 9.59 Å².